The fourth-order valence-corrected chi connectivity index (χ4v) is 1.69. The van der Waals surface area contributed by atoms with E-state index in [1.165, 1.54) is 0 Å². The molecule has 2 nitrogen and oxygen atoms in total. The van der Waals surface area contributed by atoms with E-state index in [1.807, 2.05) is 0 Å². The zero-order valence-electron chi connectivity index (χ0n) is 9.41. The zero-order valence-corrected chi connectivity index (χ0v) is 8.41. The summed E-state index contributed by atoms with van der Waals surface area (Å²) >= 11 is 0. The second-order valence-electron chi connectivity index (χ2n) is 4.50. The van der Waals surface area contributed by atoms with Gasteiger partial charge in [-0.25, -0.2) is 0 Å². The Labute approximate surface area is 83.2 Å². The van der Waals surface area contributed by atoms with Gasteiger partial charge < -0.3 is 12.1 Å². The number of nitrogens with one attached hydrogen (secondary N) is 2. The molecule has 0 amide bonds. The number of hydrogen-bond donors (Lipinski definition) is 2. The van der Waals surface area contributed by atoms with E-state index in [0.29, 0.717) is 0 Å². The maximum absolute atomic E-state index is 3.57. The van der Waals surface area contributed by atoms with Gasteiger partial charge in [0.25, 0.3) is 0 Å². The molecule has 0 aromatic carbocycles. The molecule has 1 aliphatic heterocycles. The molecule has 1 aliphatic rings. The maximum atomic E-state index is 3.57. The van der Waals surface area contributed by atoms with Crippen LogP contribution < -0.4 is 29.5 Å². The monoisotopic (exact) mass is 150 g/mol. The fraction of sp³-hybridized carbons (Fsp3) is 1.00. The molecule has 0 atom stereocenters. The summed E-state index contributed by atoms with van der Waals surface area (Å²) in [7, 11) is 0. The van der Waals surface area contributed by atoms with Crippen LogP contribution in [-0.2, 0) is 0 Å². The largest absolute Gasteiger partial charge is 1.00 e. The van der Waals surface area contributed by atoms with Crippen LogP contribution in [0.2, 0.25) is 0 Å². The van der Waals surface area contributed by atoms with Crippen molar-refractivity contribution in [2.24, 2.45) is 0 Å². The molecule has 0 aromatic heterocycles. The Morgan fingerprint density at radius 3 is 1.55 bits per heavy atom. The average Bonchev–Trinajstić information content (AvgIpc) is 1.56. The van der Waals surface area contributed by atoms with Crippen LogP contribution in [0, 0.1) is 0 Å². The second-order valence-corrected chi connectivity index (χ2v) is 4.50. The molecule has 0 unspecified atom stereocenters. The summed E-state index contributed by atoms with van der Waals surface area (Å²) in [5, 5.41) is 6.97. The van der Waals surface area contributed by atoms with Gasteiger partial charge >= 0.3 is 18.9 Å². The van der Waals surface area contributed by atoms with E-state index in [-0.39, 0.29) is 31.4 Å². The van der Waals surface area contributed by atoms with Crippen molar-refractivity contribution in [3.05, 3.63) is 0 Å². The van der Waals surface area contributed by atoms with Crippen LogP contribution in [0.5, 0.6) is 0 Å². The van der Waals surface area contributed by atoms with Crippen LogP contribution in [-0.4, -0.2) is 24.2 Å². The van der Waals surface area contributed by atoms with E-state index < -0.39 is 0 Å². The van der Waals surface area contributed by atoms with Crippen LogP contribution in [0.3, 0.4) is 0 Å². The van der Waals surface area contributed by atoms with Crippen molar-refractivity contribution in [1.29, 1.82) is 0 Å². The normalized spacial score (nSPS) is 27.3. The Bertz CT molecular complexity index is 123. The third kappa shape index (κ3) is 3.62. The van der Waals surface area contributed by atoms with Crippen molar-refractivity contribution in [1.82, 2.24) is 10.6 Å². The van der Waals surface area contributed by atoms with Crippen LogP contribution in [0.15, 0.2) is 0 Å². The Morgan fingerprint density at radius 1 is 1.00 bits per heavy atom. The van der Waals surface area contributed by atoms with Crippen LogP contribution in [0.1, 0.15) is 29.1 Å². The molecule has 3 heteroatoms. The zero-order chi connectivity index (χ0) is 7.83. The van der Waals surface area contributed by atoms with Crippen molar-refractivity contribution in [2.45, 2.75) is 38.8 Å². The molecule has 1 fully saturated rings. The van der Waals surface area contributed by atoms with Gasteiger partial charge in [-0.3, -0.25) is 0 Å². The summed E-state index contributed by atoms with van der Waals surface area (Å²) in [6.07, 6.45) is 0. The van der Waals surface area contributed by atoms with Gasteiger partial charge in [-0.1, -0.05) is 0 Å². The average molecular weight is 150 g/mol. The van der Waals surface area contributed by atoms with Gasteiger partial charge in [-0.15, -0.1) is 0 Å². The first-order chi connectivity index (χ1) is 4.41. The summed E-state index contributed by atoms with van der Waals surface area (Å²) in [5.74, 6) is 0. The SMILES string of the molecule is CC1(C)CNCC(C)(C)N1.[H-].[Li+]. The van der Waals surface area contributed by atoms with Crippen LogP contribution in [0.25, 0.3) is 0 Å². The Morgan fingerprint density at radius 2 is 1.36 bits per heavy atom. The minimum atomic E-state index is 0. The smallest absolute Gasteiger partial charge is 1.00 e. The van der Waals surface area contributed by atoms with E-state index in [2.05, 4.69) is 38.3 Å². The first kappa shape index (κ1) is 11.5. The topological polar surface area (TPSA) is 24.1 Å². The standard InChI is InChI=1S/C8H18N2.Li.H/c1-7(2)5-9-6-8(3,4)10-7;;/h9-10H,5-6H2,1-4H3;;/q;+1;-1. The first-order valence-electron chi connectivity index (χ1n) is 3.91. The Balaban J connectivity index is 0. The van der Waals surface area contributed by atoms with Gasteiger partial charge in [0.2, 0.25) is 0 Å². The molecule has 0 aromatic rings. The number of hydrogen-bond acceptors (Lipinski definition) is 2. The van der Waals surface area contributed by atoms with E-state index in [0.717, 1.165) is 13.1 Å². The molecule has 62 valence electrons. The summed E-state index contributed by atoms with van der Waals surface area (Å²) in [4.78, 5) is 0. The second kappa shape index (κ2) is 3.49. The van der Waals surface area contributed by atoms with Crippen LogP contribution in [0.4, 0.5) is 0 Å². The number of piperazine rings is 1. The summed E-state index contributed by atoms with van der Waals surface area (Å²) in [5.41, 5.74) is 0.503. The molecule has 0 aliphatic carbocycles. The van der Waals surface area contributed by atoms with Crippen molar-refractivity contribution >= 4 is 0 Å². The molecule has 0 radical (unpaired) electrons. The molecular formula is C8H19LiN2. The van der Waals surface area contributed by atoms with Gasteiger partial charge in [-0.2, -0.15) is 0 Å². The summed E-state index contributed by atoms with van der Waals surface area (Å²) in [6, 6.07) is 0. The molecule has 11 heavy (non-hydrogen) atoms. The van der Waals surface area contributed by atoms with E-state index in [9.17, 15) is 0 Å². The first-order valence-corrected chi connectivity index (χ1v) is 3.91. The molecule has 1 rings (SSSR count). The van der Waals surface area contributed by atoms with Crippen molar-refractivity contribution in [2.75, 3.05) is 13.1 Å². The van der Waals surface area contributed by atoms with Gasteiger partial charge in [0.05, 0.1) is 0 Å². The van der Waals surface area contributed by atoms with Crippen molar-refractivity contribution in [3.63, 3.8) is 0 Å². The molecule has 0 spiro atoms. The quantitative estimate of drug-likeness (QED) is 0.385. The summed E-state index contributed by atoms with van der Waals surface area (Å²) in [6.45, 7) is 11.0. The molecular weight excluding hydrogens is 131 g/mol. The molecule has 2 N–H and O–H groups in total. The Kier molecular flexibility index (Phi) is 3.66. The van der Waals surface area contributed by atoms with Crippen LogP contribution >= 0.6 is 0 Å². The molecule has 1 heterocycles. The van der Waals surface area contributed by atoms with Gasteiger partial charge in [0.15, 0.2) is 0 Å². The molecule has 0 bridgehead atoms. The predicted molar refractivity (Wildman–Crippen MR) is 45.3 cm³/mol. The van der Waals surface area contributed by atoms with Gasteiger partial charge in [-0.05, 0) is 27.7 Å². The molecule has 0 saturated carbocycles. The summed E-state index contributed by atoms with van der Waals surface area (Å²) < 4.78 is 0. The third-order valence-electron chi connectivity index (χ3n) is 1.81. The fourth-order valence-electron chi connectivity index (χ4n) is 1.69. The number of rotatable bonds is 0. The van der Waals surface area contributed by atoms with Gasteiger partial charge in [0.1, 0.15) is 0 Å². The van der Waals surface area contributed by atoms with Gasteiger partial charge in [0, 0.05) is 24.2 Å². The minimum Gasteiger partial charge on any atom is -1.00 e. The maximum Gasteiger partial charge on any atom is 1.00 e. The van der Waals surface area contributed by atoms with Crippen molar-refractivity contribution < 1.29 is 20.3 Å². The van der Waals surface area contributed by atoms with E-state index in [1.54, 1.807) is 0 Å². The third-order valence-corrected chi connectivity index (χ3v) is 1.81. The van der Waals surface area contributed by atoms with E-state index in [4.69, 9.17) is 0 Å². The Hall–Kier alpha value is 0.517. The van der Waals surface area contributed by atoms with E-state index >= 15 is 0 Å². The minimum absolute atomic E-state index is 0. The predicted octanol–water partition coefficient (Wildman–Crippen LogP) is -2.15. The van der Waals surface area contributed by atoms with Crippen molar-refractivity contribution in [3.8, 4) is 0 Å². The molecule has 1 saturated heterocycles.